The van der Waals surface area contributed by atoms with Crippen molar-refractivity contribution in [2.75, 3.05) is 13.1 Å². The highest BCUT2D eigenvalue weighted by atomic mass is 127. The predicted molar refractivity (Wildman–Crippen MR) is 73.0 cm³/mol. The molecule has 2 rings (SSSR count). The number of halogens is 2. The molecule has 0 radical (unpaired) electrons. The standard InChI is InChI=1S/C12H14FIN2O/c13-9-1-2-10(11(14)7-9)12(16-17)8-3-5-15-6-4-8/h1-2,7-8,15,17H,3-6H2/b16-12-. The Kier molecular flexibility index (Phi) is 4.33. The molecule has 1 aliphatic rings. The van der Waals surface area contributed by atoms with Crippen LogP contribution in [0.25, 0.3) is 0 Å². The van der Waals surface area contributed by atoms with Gasteiger partial charge < -0.3 is 10.5 Å². The van der Waals surface area contributed by atoms with Crippen molar-refractivity contribution in [3.05, 3.63) is 33.1 Å². The molecule has 2 N–H and O–H groups in total. The highest BCUT2D eigenvalue weighted by Gasteiger charge is 2.22. The summed E-state index contributed by atoms with van der Waals surface area (Å²) in [6.45, 7) is 1.86. The molecule has 0 amide bonds. The van der Waals surface area contributed by atoms with E-state index in [4.69, 9.17) is 0 Å². The Morgan fingerprint density at radius 2 is 2.12 bits per heavy atom. The lowest BCUT2D eigenvalue weighted by Gasteiger charge is -2.23. The lowest BCUT2D eigenvalue weighted by atomic mass is 9.89. The van der Waals surface area contributed by atoms with Crippen molar-refractivity contribution in [2.24, 2.45) is 11.1 Å². The Bertz CT molecular complexity index is 431. The molecule has 0 aliphatic carbocycles. The Labute approximate surface area is 113 Å². The molecule has 0 bridgehead atoms. The quantitative estimate of drug-likeness (QED) is 0.374. The molecule has 1 aromatic rings. The number of nitrogens with zero attached hydrogens (tertiary/aromatic N) is 1. The largest absolute Gasteiger partial charge is 0.411 e. The molecule has 1 heterocycles. The van der Waals surface area contributed by atoms with Gasteiger partial charge in [-0.2, -0.15) is 0 Å². The number of oxime groups is 1. The van der Waals surface area contributed by atoms with Crippen LogP contribution in [0.2, 0.25) is 0 Å². The minimum Gasteiger partial charge on any atom is -0.411 e. The van der Waals surface area contributed by atoms with Crippen LogP contribution >= 0.6 is 22.6 Å². The fraction of sp³-hybridized carbons (Fsp3) is 0.417. The molecule has 1 saturated heterocycles. The lowest BCUT2D eigenvalue weighted by Crippen LogP contribution is -2.32. The second kappa shape index (κ2) is 5.77. The number of nitrogens with one attached hydrogen (secondary N) is 1. The first kappa shape index (κ1) is 12.8. The average molecular weight is 348 g/mol. The van der Waals surface area contributed by atoms with Gasteiger partial charge in [-0.3, -0.25) is 0 Å². The number of rotatable bonds is 2. The molecule has 5 heteroatoms. The molecule has 0 spiro atoms. The van der Waals surface area contributed by atoms with Crippen molar-refractivity contribution in [3.63, 3.8) is 0 Å². The second-order valence-electron chi connectivity index (χ2n) is 4.13. The Hall–Kier alpha value is -0.690. The molecule has 1 fully saturated rings. The summed E-state index contributed by atoms with van der Waals surface area (Å²) in [5, 5.41) is 15.9. The van der Waals surface area contributed by atoms with E-state index < -0.39 is 0 Å². The number of hydrogen-bond acceptors (Lipinski definition) is 3. The molecule has 1 aromatic carbocycles. The van der Waals surface area contributed by atoms with Crippen molar-refractivity contribution in [1.82, 2.24) is 5.32 Å². The van der Waals surface area contributed by atoms with Crippen LogP contribution in [0.4, 0.5) is 4.39 Å². The average Bonchev–Trinajstić information content (AvgIpc) is 2.34. The highest BCUT2D eigenvalue weighted by Crippen LogP contribution is 2.23. The highest BCUT2D eigenvalue weighted by molar-refractivity contribution is 14.1. The summed E-state index contributed by atoms with van der Waals surface area (Å²) in [5.41, 5.74) is 1.51. The maximum Gasteiger partial charge on any atom is 0.124 e. The SMILES string of the molecule is O/N=C(\c1ccc(F)cc1I)C1CCNCC1. The van der Waals surface area contributed by atoms with E-state index in [-0.39, 0.29) is 11.7 Å². The van der Waals surface area contributed by atoms with Gasteiger partial charge in [0.15, 0.2) is 0 Å². The van der Waals surface area contributed by atoms with Crippen LogP contribution < -0.4 is 5.32 Å². The monoisotopic (exact) mass is 348 g/mol. The molecule has 3 nitrogen and oxygen atoms in total. The number of hydrogen-bond donors (Lipinski definition) is 2. The van der Waals surface area contributed by atoms with E-state index in [1.165, 1.54) is 12.1 Å². The van der Waals surface area contributed by atoms with Gasteiger partial charge in [-0.25, -0.2) is 4.39 Å². The molecule has 0 saturated carbocycles. The molecule has 92 valence electrons. The molecule has 17 heavy (non-hydrogen) atoms. The zero-order valence-corrected chi connectivity index (χ0v) is 11.4. The molecule has 1 aliphatic heterocycles. The van der Waals surface area contributed by atoms with E-state index in [0.29, 0.717) is 5.71 Å². The lowest BCUT2D eigenvalue weighted by molar-refractivity contribution is 0.311. The molecule has 0 atom stereocenters. The van der Waals surface area contributed by atoms with E-state index in [9.17, 15) is 9.60 Å². The number of benzene rings is 1. The summed E-state index contributed by atoms with van der Waals surface area (Å²) in [7, 11) is 0. The van der Waals surface area contributed by atoms with Gasteiger partial charge in [-0.1, -0.05) is 5.16 Å². The predicted octanol–water partition coefficient (Wildman–Crippen LogP) is 2.61. The third kappa shape index (κ3) is 2.95. The number of piperidine rings is 1. The Balaban J connectivity index is 2.28. The summed E-state index contributed by atoms with van der Waals surface area (Å²) in [6.07, 6.45) is 1.90. The van der Waals surface area contributed by atoms with E-state index in [0.717, 1.165) is 35.1 Å². The fourth-order valence-corrected chi connectivity index (χ4v) is 2.90. The summed E-state index contributed by atoms with van der Waals surface area (Å²) >= 11 is 2.07. The van der Waals surface area contributed by atoms with E-state index >= 15 is 0 Å². The van der Waals surface area contributed by atoms with Crippen LogP contribution in [0.1, 0.15) is 18.4 Å². The normalized spacial score (nSPS) is 18.4. The third-order valence-electron chi connectivity index (χ3n) is 3.04. The van der Waals surface area contributed by atoms with E-state index in [1.807, 2.05) is 0 Å². The van der Waals surface area contributed by atoms with E-state index in [1.54, 1.807) is 6.07 Å². The summed E-state index contributed by atoms with van der Waals surface area (Å²) in [6, 6.07) is 4.56. The first-order valence-corrected chi connectivity index (χ1v) is 6.68. The molecule has 0 unspecified atom stereocenters. The van der Waals surface area contributed by atoms with Gasteiger partial charge in [0.1, 0.15) is 5.82 Å². The van der Waals surface area contributed by atoms with Crippen LogP contribution in [-0.2, 0) is 0 Å². The van der Waals surface area contributed by atoms with Gasteiger partial charge in [-0.05, 0) is 66.7 Å². The Morgan fingerprint density at radius 3 is 2.71 bits per heavy atom. The molecule has 0 aromatic heterocycles. The van der Waals surface area contributed by atoms with Gasteiger partial charge >= 0.3 is 0 Å². The summed E-state index contributed by atoms with van der Waals surface area (Å²) in [4.78, 5) is 0. The fourth-order valence-electron chi connectivity index (χ4n) is 2.15. The van der Waals surface area contributed by atoms with Gasteiger partial charge in [0.2, 0.25) is 0 Å². The van der Waals surface area contributed by atoms with Gasteiger partial charge in [-0.15, -0.1) is 0 Å². The van der Waals surface area contributed by atoms with E-state index in [2.05, 4.69) is 33.1 Å². The van der Waals surface area contributed by atoms with Crippen LogP contribution in [0.3, 0.4) is 0 Å². The first-order valence-electron chi connectivity index (χ1n) is 5.60. The summed E-state index contributed by atoms with van der Waals surface area (Å²) < 4.78 is 13.8. The topological polar surface area (TPSA) is 44.6 Å². The van der Waals surface area contributed by atoms with Crippen LogP contribution in [0, 0.1) is 15.3 Å². The van der Waals surface area contributed by atoms with Crippen molar-refractivity contribution >= 4 is 28.3 Å². The smallest absolute Gasteiger partial charge is 0.124 e. The maximum absolute atomic E-state index is 13.0. The zero-order chi connectivity index (χ0) is 12.3. The summed E-state index contributed by atoms with van der Waals surface area (Å²) in [5.74, 6) is -0.0130. The van der Waals surface area contributed by atoms with Crippen LogP contribution in [0.15, 0.2) is 23.4 Å². The van der Waals surface area contributed by atoms with Crippen molar-refractivity contribution in [2.45, 2.75) is 12.8 Å². The molecular formula is C12H14FIN2O. The Morgan fingerprint density at radius 1 is 1.41 bits per heavy atom. The third-order valence-corrected chi connectivity index (χ3v) is 3.93. The van der Waals surface area contributed by atoms with Crippen LogP contribution in [-0.4, -0.2) is 24.0 Å². The minimum absolute atomic E-state index is 0.250. The molecular weight excluding hydrogens is 334 g/mol. The van der Waals surface area contributed by atoms with Crippen molar-refractivity contribution in [3.8, 4) is 0 Å². The van der Waals surface area contributed by atoms with Gasteiger partial charge in [0.25, 0.3) is 0 Å². The van der Waals surface area contributed by atoms with Gasteiger partial charge in [0, 0.05) is 15.1 Å². The second-order valence-corrected chi connectivity index (χ2v) is 5.30. The zero-order valence-electron chi connectivity index (χ0n) is 9.29. The first-order chi connectivity index (χ1) is 8.22. The van der Waals surface area contributed by atoms with Crippen LogP contribution in [0.5, 0.6) is 0 Å². The van der Waals surface area contributed by atoms with Crippen molar-refractivity contribution in [1.29, 1.82) is 0 Å². The van der Waals surface area contributed by atoms with Crippen molar-refractivity contribution < 1.29 is 9.60 Å². The minimum atomic E-state index is -0.263. The maximum atomic E-state index is 13.0. The van der Waals surface area contributed by atoms with Gasteiger partial charge in [0.05, 0.1) is 5.71 Å².